The van der Waals surface area contributed by atoms with E-state index in [4.69, 9.17) is 0 Å². The van der Waals surface area contributed by atoms with Crippen LogP contribution in [0.2, 0.25) is 0 Å². The lowest BCUT2D eigenvalue weighted by atomic mass is 10.5. The van der Waals surface area contributed by atoms with Crippen molar-refractivity contribution >= 4 is 11.7 Å². The van der Waals surface area contributed by atoms with Crippen molar-refractivity contribution in [2.45, 2.75) is 6.92 Å². The molecule has 0 spiro atoms. The summed E-state index contributed by atoms with van der Waals surface area (Å²) in [7, 11) is 0. The minimum atomic E-state index is -0.0684. The van der Waals surface area contributed by atoms with Gasteiger partial charge in [-0.1, -0.05) is 6.92 Å². The van der Waals surface area contributed by atoms with Crippen LogP contribution in [0.4, 0.5) is 5.82 Å². The van der Waals surface area contributed by atoms with Gasteiger partial charge in [0.2, 0.25) is 5.91 Å². The smallest absolute Gasteiger partial charge is 0.239 e. The summed E-state index contributed by atoms with van der Waals surface area (Å²) in [4.78, 5) is 11.0. The van der Waals surface area contributed by atoms with Crippen LogP contribution >= 0.6 is 0 Å². The summed E-state index contributed by atoms with van der Waals surface area (Å²) in [6.45, 7) is 3.06. The van der Waals surface area contributed by atoms with Crippen molar-refractivity contribution in [1.29, 1.82) is 0 Å². The molecule has 1 heterocycles. The third kappa shape index (κ3) is 2.71. The van der Waals surface area contributed by atoms with E-state index in [2.05, 4.69) is 20.8 Å². The van der Waals surface area contributed by atoms with Crippen LogP contribution in [-0.2, 0) is 4.79 Å². The van der Waals surface area contributed by atoms with E-state index in [1.165, 1.54) is 0 Å². The number of anilines is 1. The first-order chi connectivity index (χ1) is 5.83. The number of aromatic nitrogens is 2. The van der Waals surface area contributed by atoms with Crippen molar-refractivity contribution in [3.63, 3.8) is 0 Å². The van der Waals surface area contributed by atoms with Crippen molar-refractivity contribution in [3.05, 3.63) is 12.3 Å². The standard InChI is InChI=1S/C7H12N4O/c1-2-8-5-7(12)10-6-3-4-9-11-6/h3-4,8H,2,5H2,1H3,(H2,9,10,11,12). The number of carbonyl (C=O) groups excluding carboxylic acids is 1. The minimum absolute atomic E-state index is 0.0684. The molecule has 3 N–H and O–H groups in total. The highest BCUT2D eigenvalue weighted by Gasteiger charge is 2.00. The van der Waals surface area contributed by atoms with Gasteiger partial charge in [-0.2, -0.15) is 5.10 Å². The fourth-order valence-corrected chi connectivity index (χ4v) is 0.758. The number of amides is 1. The molecule has 1 rings (SSSR count). The highest BCUT2D eigenvalue weighted by molar-refractivity contribution is 5.91. The van der Waals surface area contributed by atoms with E-state index in [1.807, 2.05) is 6.92 Å². The zero-order valence-electron chi connectivity index (χ0n) is 6.92. The monoisotopic (exact) mass is 168 g/mol. The molecule has 0 aromatic carbocycles. The summed E-state index contributed by atoms with van der Waals surface area (Å²) in [6, 6.07) is 1.70. The molecule has 0 aliphatic rings. The summed E-state index contributed by atoms with van der Waals surface area (Å²) < 4.78 is 0. The van der Waals surface area contributed by atoms with E-state index < -0.39 is 0 Å². The second kappa shape index (κ2) is 4.50. The molecule has 0 saturated carbocycles. The summed E-state index contributed by atoms with van der Waals surface area (Å²) >= 11 is 0. The lowest BCUT2D eigenvalue weighted by Crippen LogP contribution is -2.27. The van der Waals surface area contributed by atoms with Crippen LogP contribution in [0.3, 0.4) is 0 Å². The summed E-state index contributed by atoms with van der Waals surface area (Å²) in [5.41, 5.74) is 0. The fourth-order valence-electron chi connectivity index (χ4n) is 0.758. The first kappa shape index (κ1) is 8.73. The molecule has 0 fully saturated rings. The van der Waals surface area contributed by atoms with Gasteiger partial charge in [0, 0.05) is 6.07 Å². The van der Waals surface area contributed by atoms with Gasteiger partial charge in [0.05, 0.1) is 12.7 Å². The maximum absolute atomic E-state index is 11.0. The number of hydrogen-bond donors (Lipinski definition) is 3. The Labute approximate surface area is 70.5 Å². The molecular weight excluding hydrogens is 156 g/mol. The molecule has 5 nitrogen and oxygen atoms in total. The Bertz CT molecular complexity index is 232. The highest BCUT2D eigenvalue weighted by Crippen LogP contribution is 1.96. The first-order valence-electron chi connectivity index (χ1n) is 3.83. The minimum Gasteiger partial charge on any atom is -0.310 e. The Morgan fingerprint density at radius 3 is 3.17 bits per heavy atom. The molecule has 1 aromatic rings. The second-order valence-corrected chi connectivity index (χ2v) is 2.30. The van der Waals surface area contributed by atoms with Gasteiger partial charge in [0.25, 0.3) is 0 Å². The molecule has 0 aliphatic carbocycles. The van der Waals surface area contributed by atoms with Gasteiger partial charge < -0.3 is 10.6 Å². The average molecular weight is 168 g/mol. The largest absolute Gasteiger partial charge is 0.310 e. The molecule has 12 heavy (non-hydrogen) atoms. The van der Waals surface area contributed by atoms with E-state index in [0.717, 1.165) is 6.54 Å². The Morgan fingerprint density at radius 1 is 1.75 bits per heavy atom. The van der Waals surface area contributed by atoms with Gasteiger partial charge in [0.15, 0.2) is 0 Å². The molecule has 0 bridgehead atoms. The predicted molar refractivity (Wildman–Crippen MR) is 45.8 cm³/mol. The summed E-state index contributed by atoms with van der Waals surface area (Å²) in [5.74, 6) is 0.555. The SMILES string of the molecule is CCNCC(=O)Nc1ccn[nH]1. The van der Waals surface area contributed by atoms with Crippen LogP contribution in [0.25, 0.3) is 0 Å². The number of likely N-dealkylation sites (N-methyl/N-ethyl adjacent to an activating group) is 1. The zero-order chi connectivity index (χ0) is 8.81. The van der Waals surface area contributed by atoms with Crippen molar-refractivity contribution in [3.8, 4) is 0 Å². The van der Waals surface area contributed by atoms with Gasteiger partial charge in [-0.05, 0) is 6.54 Å². The van der Waals surface area contributed by atoms with E-state index in [1.54, 1.807) is 12.3 Å². The zero-order valence-corrected chi connectivity index (χ0v) is 6.92. The van der Waals surface area contributed by atoms with Crippen molar-refractivity contribution < 1.29 is 4.79 Å². The van der Waals surface area contributed by atoms with Gasteiger partial charge >= 0.3 is 0 Å². The number of hydrogen-bond acceptors (Lipinski definition) is 3. The van der Waals surface area contributed by atoms with Crippen molar-refractivity contribution in [2.75, 3.05) is 18.4 Å². The Hall–Kier alpha value is -1.36. The maximum Gasteiger partial charge on any atom is 0.239 e. The molecule has 0 saturated heterocycles. The molecule has 5 heteroatoms. The maximum atomic E-state index is 11.0. The van der Waals surface area contributed by atoms with Gasteiger partial charge in [-0.3, -0.25) is 9.89 Å². The third-order valence-corrected chi connectivity index (χ3v) is 1.31. The lowest BCUT2D eigenvalue weighted by Gasteiger charge is -2.01. The van der Waals surface area contributed by atoms with Gasteiger partial charge in [0.1, 0.15) is 5.82 Å². The van der Waals surface area contributed by atoms with E-state index in [0.29, 0.717) is 12.4 Å². The summed E-state index contributed by atoms with van der Waals surface area (Å²) in [6.07, 6.45) is 1.59. The van der Waals surface area contributed by atoms with Crippen LogP contribution in [0, 0.1) is 0 Å². The third-order valence-electron chi connectivity index (χ3n) is 1.31. The van der Waals surface area contributed by atoms with E-state index >= 15 is 0 Å². The summed E-state index contributed by atoms with van der Waals surface area (Å²) in [5, 5.41) is 11.9. The van der Waals surface area contributed by atoms with Crippen molar-refractivity contribution in [1.82, 2.24) is 15.5 Å². The Balaban J connectivity index is 2.27. The van der Waals surface area contributed by atoms with Gasteiger partial charge in [-0.15, -0.1) is 0 Å². The molecule has 1 aromatic heterocycles. The lowest BCUT2D eigenvalue weighted by molar-refractivity contribution is -0.115. The first-order valence-corrected chi connectivity index (χ1v) is 3.83. The number of aromatic amines is 1. The van der Waals surface area contributed by atoms with E-state index in [-0.39, 0.29) is 5.91 Å². The van der Waals surface area contributed by atoms with Crippen LogP contribution in [-0.4, -0.2) is 29.2 Å². The van der Waals surface area contributed by atoms with Crippen LogP contribution in [0.1, 0.15) is 6.92 Å². The van der Waals surface area contributed by atoms with Crippen molar-refractivity contribution in [2.24, 2.45) is 0 Å². The molecule has 0 unspecified atom stereocenters. The fraction of sp³-hybridized carbons (Fsp3) is 0.429. The van der Waals surface area contributed by atoms with Crippen LogP contribution < -0.4 is 10.6 Å². The molecular formula is C7H12N4O. The average Bonchev–Trinajstić information content (AvgIpc) is 2.53. The number of nitrogens with one attached hydrogen (secondary N) is 3. The number of rotatable bonds is 4. The van der Waals surface area contributed by atoms with E-state index in [9.17, 15) is 4.79 Å². The quantitative estimate of drug-likeness (QED) is 0.590. The second-order valence-electron chi connectivity index (χ2n) is 2.30. The molecule has 0 aliphatic heterocycles. The predicted octanol–water partition coefficient (Wildman–Crippen LogP) is -0.0423. The van der Waals surface area contributed by atoms with Crippen LogP contribution in [0.15, 0.2) is 12.3 Å². The van der Waals surface area contributed by atoms with Gasteiger partial charge in [-0.25, -0.2) is 0 Å². The number of nitrogens with zero attached hydrogens (tertiary/aromatic N) is 1. The molecule has 66 valence electrons. The molecule has 1 amide bonds. The molecule has 0 atom stereocenters. The number of carbonyl (C=O) groups is 1. The molecule has 0 radical (unpaired) electrons. The topological polar surface area (TPSA) is 69.8 Å². The Morgan fingerprint density at radius 2 is 2.58 bits per heavy atom. The number of H-pyrrole nitrogens is 1. The normalized spacial score (nSPS) is 9.75. The van der Waals surface area contributed by atoms with Crippen LogP contribution in [0.5, 0.6) is 0 Å². The highest BCUT2D eigenvalue weighted by atomic mass is 16.2. The Kier molecular flexibility index (Phi) is 3.28.